The van der Waals surface area contributed by atoms with Crippen molar-refractivity contribution in [1.82, 2.24) is 0 Å². The molecule has 0 aliphatic rings. The fourth-order valence-corrected chi connectivity index (χ4v) is 2.13. The zero-order valence-corrected chi connectivity index (χ0v) is 10.4. The molecule has 0 bridgehead atoms. The second-order valence-corrected chi connectivity index (χ2v) is 4.21. The van der Waals surface area contributed by atoms with E-state index < -0.39 is 0 Å². The summed E-state index contributed by atoms with van der Waals surface area (Å²) in [6.45, 7) is 0. The van der Waals surface area contributed by atoms with E-state index in [1.807, 2.05) is 42.5 Å². The van der Waals surface area contributed by atoms with Crippen molar-refractivity contribution in [3.63, 3.8) is 0 Å². The molecule has 3 nitrogen and oxygen atoms in total. The molecule has 19 heavy (non-hydrogen) atoms. The molecule has 1 aromatic heterocycles. The third-order valence-corrected chi connectivity index (χ3v) is 3.04. The quantitative estimate of drug-likeness (QED) is 0.655. The van der Waals surface area contributed by atoms with E-state index in [0.717, 1.165) is 16.5 Å². The lowest BCUT2D eigenvalue weighted by Gasteiger charge is -2.06. The molecule has 94 valence electrons. The highest BCUT2D eigenvalue weighted by molar-refractivity contribution is 5.93. The summed E-state index contributed by atoms with van der Waals surface area (Å²) >= 11 is 0. The molecule has 0 aliphatic heterocycles. The summed E-state index contributed by atoms with van der Waals surface area (Å²) in [4.78, 5) is 11.7. The van der Waals surface area contributed by atoms with Gasteiger partial charge in [0.2, 0.25) is 0 Å². The molecule has 1 heterocycles. The first-order valence-electron chi connectivity index (χ1n) is 5.95. The van der Waals surface area contributed by atoms with Gasteiger partial charge in [0, 0.05) is 17.5 Å². The van der Waals surface area contributed by atoms with Gasteiger partial charge in [0.1, 0.15) is 11.3 Å². The van der Waals surface area contributed by atoms with Gasteiger partial charge in [0.05, 0.1) is 7.11 Å². The first-order chi connectivity index (χ1) is 9.28. The van der Waals surface area contributed by atoms with Gasteiger partial charge >= 0.3 is 5.63 Å². The van der Waals surface area contributed by atoms with Crippen molar-refractivity contribution in [3.8, 4) is 16.9 Å². The Morgan fingerprint density at radius 2 is 1.79 bits per heavy atom. The third kappa shape index (κ3) is 2.10. The fraction of sp³-hybridized carbons (Fsp3) is 0.0625. The van der Waals surface area contributed by atoms with Crippen molar-refractivity contribution in [3.05, 3.63) is 65.0 Å². The predicted octanol–water partition coefficient (Wildman–Crippen LogP) is 3.47. The maximum atomic E-state index is 11.7. The monoisotopic (exact) mass is 252 g/mol. The van der Waals surface area contributed by atoms with Crippen LogP contribution in [0.1, 0.15) is 0 Å². The molecule has 0 N–H and O–H groups in total. The molecule has 0 radical (unpaired) electrons. The molecular formula is C16H12O3. The Kier molecular flexibility index (Phi) is 2.80. The predicted molar refractivity (Wildman–Crippen MR) is 74.5 cm³/mol. The molecule has 0 unspecified atom stereocenters. The Bertz CT molecular complexity index is 773. The molecule has 0 amide bonds. The number of fused-ring (bicyclic) bond motifs is 1. The summed E-state index contributed by atoms with van der Waals surface area (Å²) < 4.78 is 10.4. The smallest absolute Gasteiger partial charge is 0.336 e. The van der Waals surface area contributed by atoms with E-state index in [1.54, 1.807) is 13.2 Å². The Morgan fingerprint density at radius 3 is 2.53 bits per heavy atom. The zero-order chi connectivity index (χ0) is 13.2. The van der Waals surface area contributed by atoms with Gasteiger partial charge in [-0.3, -0.25) is 0 Å². The molecule has 3 aromatic rings. The van der Waals surface area contributed by atoms with Gasteiger partial charge in [0.15, 0.2) is 0 Å². The topological polar surface area (TPSA) is 39.4 Å². The summed E-state index contributed by atoms with van der Waals surface area (Å²) in [5.74, 6) is 0.667. The number of rotatable bonds is 2. The van der Waals surface area contributed by atoms with Crippen molar-refractivity contribution < 1.29 is 9.15 Å². The number of methoxy groups -OCH3 is 1. The van der Waals surface area contributed by atoms with E-state index in [2.05, 4.69) is 0 Å². The highest BCUT2D eigenvalue weighted by Gasteiger charge is 2.08. The van der Waals surface area contributed by atoms with Crippen LogP contribution in [0.5, 0.6) is 5.75 Å². The van der Waals surface area contributed by atoms with Crippen molar-refractivity contribution >= 4 is 11.0 Å². The Hall–Kier alpha value is -2.55. The van der Waals surface area contributed by atoms with Crippen molar-refractivity contribution in [2.24, 2.45) is 0 Å². The summed E-state index contributed by atoms with van der Waals surface area (Å²) in [5.41, 5.74) is 2.03. The van der Waals surface area contributed by atoms with Crippen molar-refractivity contribution in [1.29, 1.82) is 0 Å². The molecule has 3 heteroatoms. The molecule has 0 atom stereocenters. The largest absolute Gasteiger partial charge is 0.497 e. The Balaban J connectivity index is 2.33. The van der Waals surface area contributed by atoms with Crippen LogP contribution in [0.15, 0.2) is 63.8 Å². The van der Waals surface area contributed by atoms with E-state index in [9.17, 15) is 4.79 Å². The molecular weight excluding hydrogens is 240 g/mol. The first kappa shape index (κ1) is 11.5. The number of hydrogen-bond acceptors (Lipinski definition) is 3. The average Bonchev–Trinajstić information content (AvgIpc) is 2.46. The number of benzene rings is 2. The third-order valence-electron chi connectivity index (χ3n) is 3.04. The van der Waals surface area contributed by atoms with Crippen LogP contribution >= 0.6 is 0 Å². The molecule has 0 saturated carbocycles. The molecule has 0 fully saturated rings. The van der Waals surface area contributed by atoms with Crippen LogP contribution in [0.3, 0.4) is 0 Å². The second kappa shape index (κ2) is 4.61. The van der Waals surface area contributed by atoms with Gasteiger partial charge in [0.25, 0.3) is 0 Å². The Morgan fingerprint density at radius 1 is 1.00 bits per heavy atom. The van der Waals surface area contributed by atoms with E-state index in [1.165, 1.54) is 6.07 Å². The molecule has 0 aliphatic carbocycles. The summed E-state index contributed by atoms with van der Waals surface area (Å²) in [7, 11) is 1.58. The maximum Gasteiger partial charge on any atom is 0.336 e. The minimum Gasteiger partial charge on any atom is -0.497 e. The van der Waals surface area contributed by atoms with Gasteiger partial charge in [-0.25, -0.2) is 4.79 Å². The van der Waals surface area contributed by atoms with Crippen molar-refractivity contribution in [2.75, 3.05) is 7.11 Å². The molecule has 2 aromatic carbocycles. The Labute approximate surface area is 110 Å². The average molecular weight is 252 g/mol. The minimum atomic E-state index is -0.361. The van der Waals surface area contributed by atoms with Crippen LogP contribution in [0.2, 0.25) is 0 Å². The van der Waals surface area contributed by atoms with Crippen LogP contribution in [0, 0.1) is 0 Å². The van der Waals surface area contributed by atoms with Crippen LogP contribution in [-0.4, -0.2) is 7.11 Å². The second-order valence-electron chi connectivity index (χ2n) is 4.21. The van der Waals surface area contributed by atoms with Crippen LogP contribution in [0.25, 0.3) is 22.1 Å². The standard InChI is InChI=1S/C16H12O3/c1-18-12-7-8-13-14(11-5-3-2-4-6-11)10-16(17)19-15(13)9-12/h2-10H,1H3. The van der Waals surface area contributed by atoms with E-state index >= 15 is 0 Å². The minimum absolute atomic E-state index is 0.361. The lowest BCUT2D eigenvalue weighted by Crippen LogP contribution is -1.98. The highest BCUT2D eigenvalue weighted by atomic mass is 16.5. The first-order valence-corrected chi connectivity index (χ1v) is 5.95. The summed E-state index contributed by atoms with van der Waals surface area (Å²) in [6.07, 6.45) is 0. The van der Waals surface area contributed by atoms with Gasteiger partial charge in [-0.2, -0.15) is 0 Å². The van der Waals surface area contributed by atoms with Gasteiger partial charge in [-0.15, -0.1) is 0 Å². The van der Waals surface area contributed by atoms with Crippen LogP contribution < -0.4 is 10.4 Å². The normalized spacial score (nSPS) is 10.6. The summed E-state index contributed by atoms with van der Waals surface area (Å²) in [5, 5.41) is 0.895. The molecule has 0 spiro atoms. The lowest BCUT2D eigenvalue weighted by atomic mass is 10.0. The van der Waals surface area contributed by atoms with Crippen LogP contribution in [-0.2, 0) is 0 Å². The molecule has 3 rings (SSSR count). The maximum absolute atomic E-state index is 11.7. The highest BCUT2D eigenvalue weighted by Crippen LogP contribution is 2.29. The number of hydrogen-bond donors (Lipinski definition) is 0. The lowest BCUT2D eigenvalue weighted by molar-refractivity contribution is 0.414. The summed E-state index contributed by atoms with van der Waals surface area (Å²) in [6, 6.07) is 16.8. The van der Waals surface area contributed by atoms with Crippen LogP contribution in [0.4, 0.5) is 0 Å². The molecule has 0 saturated heterocycles. The van der Waals surface area contributed by atoms with Gasteiger partial charge < -0.3 is 9.15 Å². The van der Waals surface area contributed by atoms with Gasteiger partial charge in [-0.05, 0) is 23.3 Å². The van der Waals surface area contributed by atoms with E-state index in [-0.39, 0.29) is 5.63 Å². The van der Waals surface area contributed by atoms with Crippen molar-refractivity contribution in [2.45, 2.75) is 0 Å². The fourth-order valence-electron chi connectivity index (χ4n) is 2.13. The SMILES string of the molecule is COc1ccc2c(-c3ccccc3)cc(=O)oc2c1. The zero-order valence-electron chi connectivity index (χ0n) is 10.4. The van der Waals surface area contributed by atoms with Gasteiger partial charge in [-0.1, -0.05) is 30.3 Å². The van der Waals surface area contributed by atoms with E-state index in [4.69, 9.17) is 9.15 Å². The van der Waals surface area contributed by atoms with E-state index in [0.29, 0.717) is 11.3 Å². The number of ether oxygens (including phenoxy) is 1.